The van der Waals surface area contributed by atoms with E-state index in [0.29, 0.717) is 5.92 Å². The first kappa shape index (κ1) is 15.5. The van der Waals surface area contributed by atoms with Crippen LogP contribution in [0.1, 0.15) is 38.7 Å². The fourth-order valence-corrected chi connectivity index (χ4v) is 3.32. The number of rotatable bonds is 4. The normalized spacial score (nSPS) is 25.9. The van der Waals surface area contributed by atoms with Gasteiger partial charge in [0.05, 0.1) is 6.10 Å². The van der Waals surface area contributed by atoms with E-state index in [1.807, 2.05) is 12.1 Å². The van der Waals surface area contributed by atoms with Crippen molar-refractivity contribution in [3.8, 4) is 0 Å². The number of hydrogen-bond acceptors (Lipinski definition) is 2. The lowest BCUT2D eigenvalue weighted by atomic mass is 9.69. The van der Waals surface area contributed by atoms with Gasteiger partial charge in [0.15, 0.2) is 0 Å². The fourth-order valence-electron chi connectivity index (χ4n) is 3.32. The molecule has 20 heavy (non-hydrogen) atoms. The van der Waals surface area contributed by atoms with Crippen molar-refractivity contribution in [3.05, 3.63) is 35.6 Å². The molecular weight excluding hydrogens is 253 g/mol. The smallest absolute Gasteiger partial charge is 0.123 e. The lowest BCUT2D eigenvalue weighted by molar-refractivity contribution is -0.0414. The molecule has 1 aliphatic rings. The van der Waals surface area contributed by atoms with Crippen molar-refractivity contribution in [2.75, 3.05) is 13.6 Å². The van der Waals surface area contributed by atoms with Gasteiger partial charge in [0.1, 0.15) is 5.82 Å². The van der Waals surface area contributed by atoms with E-state index in [-0.39, 0.29) is 17.3 Å². The molecule has 1 aromatic rings. The van der Waals surface area contributed by atoms with Gasteiger partial charge in [-0.2, -0.15) is 0 Å². The molecule has 2 unspecified atom stereocenters. The molecule has 2 rings (SSSR count). The minimum atomic E-state index is -0.230. The summed E-state index contributed by atoms with van der Waals surface area (Å²) >= 11 is 0. The maximum atomic E-state index is 12.9. The average Bonchev–Trinajstić information content (AvgIpc) is 2.38. The molecule has 1 aromatic carbocycles. The molecule has 1 N–H and O–H groups in total. The minimum Gasteiger partial charge on any atom is -0.392 e. The van der Waals surface area contributed by atoms with Gasteiger partial charge >= 0.3 is 0 Å². The minimum absolute atomic E-state index is 0.0274. The summed E-state index contributed by atoms with van der Waals surface area (Å²) in [6, 6.07) is 6.66. The molecule has 0 saturated heterocycles. The van der Waals surface area contributed by atoms with Crippen LogP contribution >= 0.6 is 0 Å². The summed E-state index contributed by atoms with van der Waals surface area (Å²) in [5, 5.41) is 10.5. The van der Waals surface area contributed by atoms with Crippen LogP contribution in [0.4, 0.5) is 4.39 Å². The molecule has 0 amide bonds. The van der Waals surface area contributed by atoms with Crippen LogP contribution < -0.4 is 0 Å². The van der Waals surface area contributed by atoms with Crippen LogP contribution in [0, 0.1) is 17.2 Å². The van der Waals surface area contributed by atoms with Gasteiger partial charge < -0.3 is 10.0 Å². The first-order valence-corrected chi connectivity index (χ1v) is 7.49. The Kier molecular flexibility index (Phi) is 4.82. The molecular formula is C17H26FNO. The van der Waals surface area contributed by atoms with E-state index in [2.05, 4.69) is 25.8 Å². The van der Waals surface area contributed by atoms with Gasteiger partial charge in [0, 0.05) is 13.1 Å². The van der Waals surface area contributed by atoms with E-state index in [4.69, 9.17) is 0 Å². The van der Waals surface area contributed by atoms with Gasteiger partial charge in [-0.1, -0.05) is 32.4 Å². The summed E-state index contributed by atoms with van der Waals surface area (Å²) in [5.41, 5.74) is 1.14. The number of hydrogen-bond donors (Lipinski definition) is 1. The van der Waals surface area contributed by atoms with Gasteiger partial charge in [0.2, 0.25) is 0 Å². The number of halogens is 1. The van der Waals surface area contributed by atoms with Crippen molar-refractivity contribution < 1.29 is 9.50 Å². The third-order valence-electron chi connectivity index (χ3n) is 4.56. The van der Waals surface area contributed by atoms with Gasteiger partial charge in [-0.3, -0.25) is 0 Å². The summed E-state index contributed by atoms with van der Waals surface area (Å²) in [6.07, 6.45) is 3.16. The highest BCUT2D eigenvalue weighted by Crippen LogP contribution is 2.39. The Morgan fingerprint density at radius 1 is 1.30 bits per heavy atom. The lowest BCUT2D eigenvalue weighted by Gasteiger charge is -2.42. The van der Waals surface area contributed by atoms with Gasteiger partial charge in [0.25, 0.3) is 0 Å². The van der Waals surface area contributed by atoms with E-state index in [0.717, 1.165) is 31.5 Å². The molecule has 0 heterocycles. The van der Waals surface area contributed by atoms with Crippen molar-refractivity contribution in [2.24, 2.45) is 11.3 Å². The molecule has 0 aromatic heterocycles. The largest absolute Gasteiger partial charge is 0.392 e. The zero-order chi connectivity index (χ0) is 14.8. The standard InChI is InChI=1S/C17H26FNO/c1-17(2)10-4-5-14(16(17)20)12-19(3)11-13-6-8-15(18)9-7-13/h6-9,14,16,20H,4-5,10-12H2,1-3H3. The molecule has 2 atom stereocenters. The fraction of sp³-hybridized carbons (Fsp3) is 0.647. The monoisotopic (exact) mass is 279 g/mol. The molecule has 0 aliphatic heterocycles. The van der Waals surface area contributed by atoms with E-state index in [1.54, 1.807) is 0 Å². The quantitative estimate of drug-likeness (QED) is 0.912. The predicted octanol–water partition coefficient (Wildman–Crippen LogP) is 3.44. The molecule has 3 heteroatoms. The third-order valence-corrected chi connectivity index (χ3v) is 4.56. The summed E-state index contributed by atoms with van der Waals surface area (Å²) in [6.45, 7) is 6.00. The first-order chi connectivity index (χ1) is 9.38. The predicted molar refractivity (Wildman–Crippen MR) is 79.9 cm³/mol. The highest BCUT2D eigenvalue weighted by Gasteiger charge is 2.37. The molecule has 0 radical (unpaired) electrons. The second-order valence-electron chi connectivity index (χ2n) is 6.91. The Labute approximate surface area is 121 Å². The number of nitrogens with zero attached hydrogens (tertiary/aromatic N) is 1. The zero-order valence-electron chi connectivity index (χ0n) is 12.8. The number of aliphatic hydroxyl groups is 1. The third kappa shape index (κ3) is 3.80. The Morgan fingerprint density at radius 3 is 2.60 bits per heavy atom. The van der Waals surface area contributed by atoms with Crippen LogP contribution in [0.2, 0.25) is 0 Å². The molecule has 0 bridgehead atoms. The lowest BCUT2D eigenvalue weighted by Crippen LogP contribution is -2.44. The Morgan fingerprint density at radius 2 is 1.95 bits per heavy atom. The van der Waals surface area contributed by atoms with Gasteiger partial charge in [-0.25, -0.2) is 4.39 Å². The summed E-state index contributed by atoms with van der Waals surface area (Å²) < 4.78 is 12.9. The maximum absolute atomic E-state index is 12.9. The van der Waals surface area contributed by atoms with Crippen molar-refractivity contribution >= 4 is 0 Å². The van der Waals surface area contributed by atoms with Crippen LogP contribution in [0.25, 0.3) is 0 Å². The van der Waals surface area contributed by atoms with E-state index in [9.17, 15) is 9.50 Å². The van der Waals surface area contributed by atoms with Crippen molar-refractivity contribution in [2.45, 2.75) is 45.8 Å². The average molecular weight is 279 g/mol. The molecule has 2 nitrogen and oxygen atoms in total. The van der Waals surface area contributed by atoms with Crippen LogP contribution in [0.5, 0.6) is 0 Å². The number of benzene rings is 1. The highest BCUT2D eigenvalue weighted by molar-refractivity contribution is 5.15. The summed E-state index contributed by atoms with van der Waals surface area (Å²) in [4.78, 5) is 2.22. The van der Waals surface area contributed by atoms with Gasteiger partial charge in [-0.15, -0.1) is 0 Å². The van der Waals surface area contributed by atoms with Crippen molar-refractivity contribution in [1.82, 2.24) is 4.90 Å². The molecule has 0 spiro atoms. The van der Waals surface area contributed by atoms with Crippen molar-refractivity contribution in [1.29, 1.82) is 0 Å². The Bertz CT molecular complexity index is 429. The van der Waals surface area contributed by atoms with Crippen LogP contribution in [0.15, 0.2) is 24.3 Å². The summed E-state index contributed by atoms with van der Waals surface area (Å²) in [7, 11) is 2.07. The summed E-state index contributed by atoms with van der Waals surface area (Å²) in [5.74, 6) is 0.144. The Hall–Kier alpha value is -0.930. The van der Waals surface area contributed by atoms with Crippen LogP contribution in [-0.4, -0.2) is 29.7 Å². The number of aliphatic hydroxyl groups excluding tert-OH is 1. The molecule has 1 saturated carbocycles. The van der Waals surface area contributed by atoms with E-state index in [1.165, 1.54) is 18.6 Å². The van der Waals surface area contributed by atoms with E-state index >= 15 is 0 Å². The topological polar surface area (TPSA) is 23.5 Å². The first-order valence-electron chi connectivity index (χ1n) is 7.49. The van der Waals surface area contributed by atoms with Crippen LogP contribution in [-0.2, 0) is 6.54 Å². The highest BCUT2D eigenvalue weighted by atomic mass is 19.1. The maximum Gasteiger partial charge on any atom is 0.123 e. The van der Waals surface area contributed by atoms with Crippen LogP contribution in [0.3, 0.4) is 0 Å². The molecule has 1 aliphatic carbocycles. The molecule has 112 valence electrons. The zero-order valence-corrected chi connectivity index (χ0v) is 12.8. The van der Waals surface area contributed by atoms with Crippen molar-refractivity contribution in [3.63, 3.8) is 0 Å². The molecule has 1 fully saturated rings. The second kappa shape index (κ2) is 6.23. The SMILES string of the molecule is CN(Cc1ccc(F)cc1)CC1CCCC(C)(C)C1O. The van der Waals surface area contributed by atoms with E-state index < -0.39 is 0 Å². The Balaban J connectivity index is 1.90. The second-order valence-corrected chi connectivity index (χ2v) is 6.91. The van der Waals surface area contributed by atoms with Gasteiger partial charge in [-0.05, 0) is 48.9 Å².